The van der Waals surface area contributed by atoms with Gasteiger partial charge in [-0.3, -0.25) is 0 Å². The lowest BCUT2D eigenvalue weighted by atomic mass is 10.1. The van der Waals surface area contributed by atoms with E-state index in [0.717, 1.165) is 11.3 Å². The summed E-state index contributed by atoms with van der Waals surface area (Å²) in [5.41, 5.74) is 2.43. The molecule has 156 valence electrons. The normalized spacial score (nSPS) is 16.3. The van der Waals surface area contributed by atoms with E-state index in [4.69, 9.17) is 14.2 Å². The molecule has 0 atom stereocenters. The van der Waals surface area contributed by atoms with Gasteiger partial charge in [0.15, 0.2) is 11.5 Å². The molecule has 7 heteroatoms. The van der Waals surface area contributed by atoms with Gasteiger partial charge < -0.3 is 19.3 Å². The van der Waals surface area contributed by atoms with Crippen molar-refractivity contribution in [2.75, 3.05) is 20.8 Å². The Kier molecular flexibility index (Phi) is 6.84. The van der Waals surface area contributed by atoms with Crippen molar-refractivity contribution in [2.24, 2.45) is 4.99 Å². The van der Waals surface area contributed by atoms with E-state index in [9.17, 15) is 9.90 Å². The molecule has 30 heavy (non-hydrogen) atoms. The van der Waals surface area contributed by atoms with Crippen LogP contribution in [-0.2, 0) is 9.53 Å². The summed E-state index contributed by atoms with van der Waals surface area (Å²) in [6, 6.07) is 13.0. The number of methoxy groups -OCH3 is 2. The molecule has 0 aromatic heterocycles. The molecule has 6 nitrogen and oxygen atoms in total. The van der Waals surface area contributed by atoms with Crippen LogP contribution in [0.1, 0.15) is 18.1 Å². The second kappa shape index (κ2) is 9.54. The SMILES string of the molecule is CCOC(=O)C1=C(O)/C(=C\c2cccc(OC)c2OC)SC1=Nc1ccccc1C. The van der Waals surface area contributed by atoms with E-state index in [0.29, 0.717) is 27.0 Å². The Balaban J connectivity index is 2.11. The van der Waals surface area contributed by atoms with Gasteiger partial charge in [-0.05, 0) is 37.6 Å². The standard InChI is InChI=1S/C23H23NO5S/c1-5-29-23(26)19-20(25)18(13-15-10-8-12-17(27-3)21(15)28-4)30-22(19)24-16-11-7-6-9-14(16)2/h6-13,25H,5H2,1-4H3/b18-13+,24-22?. The number of nitrogens with zero attached hydrogens (tertiary/aromatic N) is 1. The van der Waals surface area contributed by atoms with Crippen LogP contribution in [0, 0.1) is 6.92 Å². The minimum Gasteiger partial charge on any atom is -0.506 e. The molecule has 0 radical (unpaired) electrons. The number of esters is 1. The Morgan fingerprint density at radius 1 is 1.13 bits per heavy atom. The van der Waals surface area contributed by atoms with Crippen molar-refractivity contribution in [1.29, 1.82) is 0 Å². The molecular formula is C23H23NO5S. The van der Waals surface area contributed by atoms with Crippen LogP contribution < -0.4 is 9.47 Å². The lowest BCUT2D eigenvalue weighted by Gasteiger charge is -2.10. The number of hydrogen-bond donors (Lipinski definition) is 1. The van der Waals surface area contributed by atoms with Gasteiger partial charge in [0, 0.05) is 5.56 Å². The fourth-order valence-electron chi connectivity index (χ4n) is 2.96. The Morgan fingerprint density at radius 2 is 1.90 bits per heavy atom. The minimum atomic E-state index is -0.615. The van der Waals surface area contributed by atoms with Crippen LogP contribution >= 0.6 is 11.8 Å². The molecule has 0 spiro atoms. The third-order valence-electron chi connectivity index (χ3n) is 4.43. The van der Waals surface area contributed by atoms with Gasteiger partial charge in [-0.15, -0.1) is 0 Å². The molecule has 0 unspecified atom stereocenters. The van der Waals surface area contributed by atoms with E-state index < -0.39 is 5.97 Å². The Hall–Kier alpha value is -3.19. The number of aliphatic imine (C=N–C) groups is 1. The summed E-state index contributed by atoms with van der Waals surface area (Å²) in [5.74, 6) is 0.312. The number of carbonyl (C=O) groups excluding carboxylic acids is 1. The first-order valence-electron chi connectivity index (χ1n) is 9.36. The third kappa shape index (κ3) is 4.36. The summed E-state index contributed by atoms with van der Waals surface area (Å²) in [6.45, 7) is 3.85. The number of hydrogen-bond acceptors (Lipinski definition) is 7. The molecule has 1 aliphatic rings. The van der Waals surface area contributed by atoms with Crippen molar-refractivity contribution < 1.29 is 24.1 Å². The van der Waals surface area contributed by atoms with Gasteiger partial charge in [0.1, 0.15) is 16.4 Å². The largest absolute Gasteiger partial charge is 0.506 e. The summed E-state index contributed by atoms with van der Waals surface area (Å²) in [6.07, 6.45) is 1.74. The number of aliphatic hydroxyl groups excluding tert-OH is 1. The molecule has 3 rings (SSSR count). The summed E-state index contributed by atoms with van der Waals surface area (Å²) >= 11 is 1.20. The first-order valence-corrected chi connectivity index (χ1v) is 10.2. The lowest BCUT2D eigenvalue weighted by Crippen LogP contribution is -2.12. The summed E-state index contributed by atoms with van der Waals surface area (Å²) in [4.78, 5) is 17.7. The topological polar surface area (TPSA) is 77.4 Å². The van der Waals surface area contributed by atoms with E-state index >= 15 is 0 Å². The predicted molar refractivity (Wildman–Crippen MR) is 120 cm³/mol. The smallest absolute Gasteiger partial charge is 0.344 e. The van der Waals surface area contributed by atoms with E-state index in [1.165, 1.54) is 11.8 Å². The number of aryl methyl sites for hydroxylation is 1. The number of thioether (sulfide) groups is 1. The van der Waals surface area contributed by atoms with Crippen molar-refractivity contribution >= 4 is 34.5 Å². The van der Waals surface area contributed by atoms with E-state index in [2.05, 4.69) is 4.99 Å². The number of benzene rings is 2. The van der Waals surface area contributed by atoms with Crippen LogP contribution in [0.5, 0.6) is 11.5 Å². The quantitative estimate of drug-likeness (QED) is 0.641. The lowest BCUT2D eigenvalue weighted by molar-refractivity contribution is -0.138. The maximum absolute atomic E-state index is 12.6. The second-order valence-electron chi connectivity index (χ2n) is 6.34. The molecule has 0 bridgehead atoms. The zero-order valence-electron chi connectivity index (χ0n) is 17.3. The van der Waals surface area contributed by atoms with Gasteiger partial charge in [-0.1, -0.05) is 42.1 Å². The van der Waals surface area contributed by atoms with Crippen LogP contribution in [0.15, 0.2) is 63.7 Å². The first kappa shape index (κ1) is 21.5. The van der Waals surface area contributed by atoms with E-state index in [1.54, 1.807) is 33.3 Å². The number of rotatable bonds is 6. The van der Waals surface area contributed by atoms with Crippen LogP contribution in [0.3, 0.4) is 0 Å². The van der Waals surface area contributed by atoms with Crippen molar-refractivity contribution in [1.82, 2.24) is 0 Å². The zero-order valence-corrected chi connectivity index (χ0v) is 18.1. The molecule has 0 aliphatic carbocycles. The fraction of sp³-hybridized carbons (Fsp3) is 0.217. The molecule has 0 amide bonds. The molecule has 0 saturated heterocycles. The molecular weight excluding hydrogens is 402 g/mol. The van der Waals surface area contributed by atoms with Crippen molar-refractivity contribution in [3.05, 3.63) is 69.8 Å². The summed E-state index contributed by atoms with van der Waals surface area (Å²) < 4.78 is 16.0. The second-order valence-corrected chi connectivity index (χ2v) is 7.37. The molecule has 1 aliphatic heterocycles. The number of para-hydroxylation sites is 2. The monoisotopic (exact) mass is 425 g/mol. The molecule has 2 aromatic carbocycles. The van der Waals surface area contributed by atoms with Crippen LogP contribution in [0.25, 0.3) is 6.08 Å². The average Bonchev–Trinajstić information content (AvgIpc) is 3.04. The van der Waals surface area contributed by atoms with Crippen LogP contribution in [-0.4, -0.2) is 36.9 Å². The van der Waals surface area contributed by atoms with Crippen LogP contribution in [0.2, 0.25) is 0 Å². The number of aliphatic hydroxyl groups is 1. The highest BCUT2D eigenvalue weighted by Gasteiger charge is 2.33. The highest BCUT2D eigenvalue weighted by molar-refractivity contribution is 8.18. The average molecular weight is 426 g/mol. The molecule has 1 heterocycles. The predicted octanol–water partition coefficient (Wildman–Crippen LogP) is 5.21. The third-order valence-corrected chi connectivity index (χ3v) is 5.45. The summed E-state index contributed by atoms with van der Waals surface area (Å²) in [5, 5.41) is 11.2. The van der Waals surface area contributed by atoms with Gasteiger partial charge in [-0.2, -0.15) is 0 Å². The number of carbonyl (C=O) groups is 1. The molecule has 1 N–H and O–H groups in total. The Labute approximate surface area is 179 Å². The van der Waals surface area contributed by atoms with Gasteiger partial charge in [-0.25, -0.2) is 9.79 Å². The molecule has 0 fully saturated rings. The molecule has 2 aromatic rings. The molecule has 0 saturated carbocycles. The van der Waals surface area contributed by atoms with Crippen LogP contribution in [0.4, 0.5) is 5.69 Å². The van der Waals surface area contributed by atoms with Crippen molar-refractivity contribution in [2.45, 2.75) is 13.8 Å². The first-order chi connectivity index (χ1) is 14.5. The Morgan fingerprint density at radius 3 is 2.57 bits per heavy atom. The maximum Gasteiger partial charge on any atom is 0.344 e. The zero-order chi connectivity index (χ0) is 21.7. The number of ether oxygens (including phenoxy) is 3. The van der Waals surface area contributed by atoms with Gasteiger partial charge in [0.2, 0.25) is 0 Å². The minimum absolute atomic E-state index is 0.0539. The van der Waals surface area contributed by atoms with Gasteiger partial charge in [0.05, 0.1) is 31.4 Å². The highest BCUT2D eigenvalue weighted by atomic mass is 32.2. The highest BCUT2D eigenvalue weighted by Crippen LogP contribution is 2.42. The van der Waals surface area contributed by atoms with Gasteiger partial charge in [0.25, 0.3) is 0 Å². The van der Waals surface area contributed by atoms with Gasteiger partial charge >= 0.3 is 5.97 Å². The fourth-order valence-corrected chi connectivity index (χ4v) is 3.98. The summed E-state index contributed by atoms with van der Waals surface area (Å²) in [7, 11) is 3.11. The van der Waals surface area contributed by atoms with Crippen molar-refractivity contribution in [3.63, 3.8) is 0 Å². The van der Waals surface area contributed by atoms with Crippen molar-refractivity contribution in [3.8, 4) is 11.5 Å². The van der Waals surface area contributed by atoms with E-state index in [-0.39, 0.29) is 17.9 Å². The van der Waals surface area contributed by atoms with E-state index in [1.807, 2.05) is 43.3 Å². The maximum atomic E-state index is 12.6. The Bertz CT molecular complexity index is 1060.